The maximum Gasteiger partial charge on any atom is 0.408 e. The summed E-state index contributed by atoms with van der Waals surface area (Å²) in [5, 5.41) is 16.1. The molecule has 3 unspecified atom stereocenters. The van der Waals surface area contributed by atoms with Crippen LogP contribution in [0.15, 0.2) is 54.6 Å². The molecule has 3 amide bonds. The lowest BCUT2D eigenvalue weighted by molar-refractivity contribution is -0.159. The van der Waals surface area contributed by atoms with Gasteiger partial charge in [0, 0.05) is 13.0 Å². The van der Waals surface area contributed by atoms with Crippen LogP contribution in [0.3, 0.4) is 0 Å². The molecular weight excluding hydrogens is 598 g/mol. The highest BCUT2D eigenvalue weighted by Gasteiger charge is 2.38. The molecule has 0 aromatic heterocycles. The minimum Gasteiger partial charge on any atom is -0.508 e. The fourth-order valence-electron chi connectivity index (χ4n) is 5.08. The van der Waals surface area contributed by atoms with Gasteiger partial charge in [-0.25, -0.2) is 9.59 Å². The number of benzene rings is 2. The van der Waals surface area contributed by atoms with Crippen molar-refractivity contribution in [2.45, 2.75) is 124 Å². The van der Waals surface area contributed by atoms with Gasteiger partial charge in [0.05, 0.1) is 0 Å². The van der Waals surface area contributed by atoms with Gasteiger partial charge in [-0.3, -0.25) is 9.59 Å². The minimum absolute atomic E-state index is 0.0202. The molecule has 0 radical (unpaired) electrons. The van der Waals surface area contributed by atoms with Crippen molar-refractivity contribution in [3.05, 3.63) is 65.7 Å². The second-order valence-electron chi connectivity index (χ2n) is 14.3. The number of aromatic hydroxyl groups is 1. The zero-order valence-electron chi connectivity index (χ0n) is 29.6. The van der Waals surface area contributed by atoms with E-state index >= 15 is 0 Å². The van der Waals surface area contributed by atoms with Crippen LogP contribution in [-0.4, -0.2) is 63.7 Å². The maximum atomic E-state index is 14.5. The van der Waals surface area contributed by atoms with Crippen molar-refractivity contribution < 1.29 is 33.8 Å². The number of amides is 3. The summed E-state index contributed by atoms with van der Waals surface area (Å²) < 4.78 is 11.2. The van der Waals surface area contributed by atoms with Gasteiger partial charge in [-0.15, -0.1) is 0 Å². The average Bonchev–Trinajstić information content (AvgIpc) is 2.94. The molecule has 10 heteroatoms. The number of nitrogens with zero attached hydrogens (tertiary/aromatic N) is 1. The van der Waals surface area contributed by atoms with E-state index in [2.05, 4.69) is 10.6 Å². The highest BCUT2D eigenvalue weighted by atomic mass is 16.6. The quantitative estimate of drug-likeness (QED) is 0.148. The van der Waals surface area contributed by atoms with Gasteiger partial charge in [0.2, 0.25) is 11.8 Å². The molecule has 0 aliphatic rings. The Balaban J connectivity index is 2.62. The molecule has 0 saturated carbocycles. The molecule has 3 N–H and O–H groups in total. The number of unbranched alkanes of at least 4 members (excludes halogenated alkanes) is 2. The second kappa shape index (κ2) is 17.7. The van der Waals surface area contributed by atoms with Gasteiger partial charge in [-0.05, 0) is 83.6 Å². The first kappa shape index (κ1) is 39.1. The van der Waals surface area contributed by atoms with Gasteiger partial charge < -0.3 is 30.1 Å². The number of esters is 1. The zero-order valence-corrected chi connectivity index (χ0v) is 29.6. The van der Waals surface area contributed by atoms with Crippen LogP contribution in [0.25, 0.3) is 0 Å². The summed E-state index contributed by atoms with van der Waals surface area (Å²) in [7, 11) is 0. The summed E-state index contributed by atoms with van der Waals surface area (Å²) in [6, 6.07) is 12.1. The molecule has 0 spiro atoms. The number of phenolic OH excluding ortho intramolecular Hbond substituents is 1. The fraction of sp³-hybridized carbons (Fsp3) is 0.568. The van der Waals surface area contributed by atoms with Crippen LogP contribution in [0.5, 0.6) is 5.75 Å². The van der Waals surface area contributed by atoms with Crippen LogP contribution in [0.4, 0.5) is 4.79 Å². The number of alkyl carbamates (subject to hydrolysis) is 1. The SMILES string of the molecule is CCCCCN(C(=O)C(CC(C)C)NC(=O)OC(C)(C)C)C(C(=O)NC(Cc1ccccc1)C(=O)OC(C)(C)C)c1cccc(O)c1. The molecule has 0 aliphatic heterocycles. The van der Waals surface area contributed by atoms with Crippen LogP contribution >= 0.6 is 0 Å². The summed E-state index contributed by atoms with van der Waals surface area (Å²) in [4.78, 5) is 56.8. The van der Waals surface area contributed by atoms with Crippen molar-refractivity contribution in [3.63, 3.8) is 0 Å². The first-order valence-corrected chi connectivity index (χ1v) is 16.6. The first-order chi connectivity index (χ1) is 21.9. The summed E-state index contributed by atoms with van der Waals surface area (Å²) in [6.45, 7) is 16.6. The van der Waals surface area contributed by atoms with Crippen molar-refractivity contribution in [2.75, 3.05) is 6.54 Å². The maximum absolute atomic E-state index is 14.5. The Hall–Kier alpha value is -4.08. The molecule has 0 bridgehead atoms. The molecule has 260 valence electrons. The first-order valence-electron chi connectivity index (χ1n) is 16.6. The van der Waals surface area contributed by atoms with Gasteiger partial charge >= 0.3 is 12.1 Å². The standard InChI is InChI=1S/C37H55N3O7/c1-10-11-15-21-40(33(43)29(22-25(2)3)39-35(45)47-37(7,8)9)31(27-19-16-20-28(41)24-27)32(42)38-30(34(44)46-36(4,5)6)23-26-17-13-12-14-18-26/h12-14,16-20,24-25,29-31,41H,10-11,15,21-23H2,1-9H3,(H,38,42)(H,39,45). The summed E-state index contributed by atoms with van der Waals surface area (Å²) in [6.07, 6.45) is 1.97. The highest BCUT2D eigenvalue weighted by molar-refractivity contribution is 5.94. The Morgan fingerprint density at radius 1 is 0.830 bits per heavy atom. The molecule has 0 aliphatic carbocycles. The minimum atomic E-state index is -1.23. The van der Waals surface area contributed by atoms with E-state index in [1.165, 1.54) is 17.0 Å². The number of rotatable bonds is 15. The van der Waals surface area contributed by atoms with E-state index in [4.69, 9.17) is 9.47 Å². The van der Waals surface area contributed by atoms with Crippen molar-refractivity contribution >= 4 is 23.9 Å². The summed E-state index contributed by atoms with van der Waals surface area (Å²) in [5.74, 6) is -1.77. The predicted molar refractivity (Wildman–Crippen MR) is 183 cm³/mol. The fourth-order valence-corrected chi connectivity index (χ4v) is 5.08. The van der Waals surface area contributed by atoms with Gasteiger partial charge in [-0.1, -0.05) is 76.1 Å². The number of hydrogen-bond donors (Lipinski definition) is 3. The third-order valence-electron chi connectivity index (χ3n) is 7.02. The van der Waals surface area contributed by atoms with Crippen LogP contribution in [0.2, 0.25) is 0 Å². The lowest BCUT2D eigenvalue weighted by atomic mass is 9.98. The Labute approximate surface area is 280 Å². The topological polar surface area (TPSA) is 134 Å². The molecule has 2 aromatic carbocycles. The normalized spacial score (nSPS) is 13.7. The van der Waals surface area contributed by atoms with Crippen LogP contribution in [0, 0.1) is 5.92 Å². The summed E-state index contributed by atoms with van der Waals surface area (Å²) in [5.41, 5.74) is -0.418. The van der Waals surface area contributed by atoms with Gasteiger partial charge in [0.15, 0.2) is 0 Å². The highest BCUT2D eigenvalue weighted by Crippen LogP contribution is 2.28. The van der Waals surface area contributed by atoms with Crippen molar-refractivity contribution in [1.29, 1.82) is 0 Å². The van der Waals surface area contributed by atoms with E-state index < -0.39 is 53.2 Å². The number of carbonyl (C=O) groups excluding carboxylic acids is 4. The Kier molecular flexibility index (Phi) is 14.8. The summed E-state index contributed by atoms with van der Waals surface area (Å²) >= 11 is 0. The number of ether oxygens (including phenoxy) is 2. The average molecular weight is 654 g/mol. The number of hydrogen-bond acceptors (Lipinski definition) is 7. The van der Waals surface area contributed by atoms with Gasteiger partial charge in [-0.2, -0.15) is 0 Å². The molecule has 0 heterocycles. The largest absolute Gasteiger partial charge is 0.508 e. The number of carbonyl (C=O) groups is 4. The van der Waals surface area contributed by atoms with E-state index in [0.717, 1.165) is 18.4 Å². The van der Waals surface area contributed by atoms with Crippen LogP contribution in [-0.2, 0) is 30.3 Å². The van der Waals surface area contributed by atoms with Gasteiger partial charge in [0.1, 0.15) is 35.1 Å². The molecule has 2 rings (SSSR count). The lowest BCUT2D eigenvalue weighted by Crippen LogP contribution is -2.55. The number of phenols is 1. The van der Waals surface area contributed by atoms with Crippen LogP contribution in [0.1, 0.15) is 105 Å². The monoisotopic (exact) mass is 653 g/mol. The van der Waals surface area contributed by atoms with Crippen molar-refractivity contribution in [3.8, 4) is 5.75 Å². The second-order valence-corrected chi connectivity index (χ2v) is 14.3. The number of nitrogens with one attached hydrogen (secondary N) is 2. The van der Waals surface area contributed by atoms with E-state index in [-0.39, 0.29) is 24.6 Å². The Bertz CT molecular complexity index is 1320. The lowest BCUT2D eigenvalue weighted by Gasteiger charge is -2.36. The predicted octanol–water partition coefficient (Wildman–Crippen LogP) is 6.46. The van der Waals surface area contributed by atoms with E-state index in [9.17, 15) is 24.3 Å². The van der Waals surface area contributed by atoms with Crippen molar-refractivity contribution in [2.24, 2.45) is 5.92 Å². The molecule has 47 heavy (non-hydrogen) atoms. The van der Waals surface area contributed by atoms with E-state index in [1.54, 1.807) is 53.7 Å². The Morgan fingerprint density at radius 3 is 2.02 bits per heavy atom. The molecule has 2 aromatic rings. The van der Waals surface area contributed by atoms with E-state index in [1.807, 2.05) is 51.1 Å². The third-order valence-corrected chi connectivity index (χ3v) is 7.02. The zero-order chi connectivity index (χ0) is 35.4. The third kappa shape index (κ3) is 14.1. The Morgan fingerprint density at radius 2 is 1.47 bits per heavy atom. The molecular formula is C37H55N3O7. The molecule has 3 atom stereocenters. The molecule has 0 fully saturated rings. The van der Waals surface area contributed by atoms with Gasteiger partial charge in [0.25, 0.3) is 0 Å². The van der Waals surface area contributed by atoms with E-state index in [0.29, 0.717) is 18.4 Å². The smallest absolute Gasteiger partial charge is 0.408 e. The molecule has 0 saturated heterocycles. The van der Waals surface area contributed by atoms with Crippen molar-refractivity contribution in [1.82, 2.24) is 15.5 Å². The van der Waals surface area contributed by atoms with Crippen LogP contribution < -0.4 is 10.6 Å². The molecule has 10 nitrogen and oxygen atoms in total.